The van der Waals surface area contributed by atoms with Crippen LogP contribution in [0, 0.1) is 5.92 Å². The Kier molecular flexibility index (Phi) is 4.71. The number of benzene rings is 1. The quantitative estimate of drug-likeness (QED) is 0.894. The van der Waals surface area contributed by atoms with E-state index in [1.54, 1.807) is 0 Å². The lowest BCUT2D eigenvalue weighted by molar-refractivity contribution is -0.127. The van der Waals surface area contributed by atoms with E-state index >= 15 is 0 Å². The molecular formula is C16H23ClN2O. The van der Waals surface area contributed by atoms with Gasteiger partial charge >= 0.3 is 0 Å². The van der Waals surface area contributed by atoms with Gasteiger partial charge in [-0.25, -0.2) is 0 Å². The van der Waals surface area contributed by atoms with Crippen molar-refractivity contribution in [2.75, 3.05) is 6.54 Å². The molecule has 3 nitrogen and oxygen atoms in total. The van der Waals surface area contributed by atoms with E-state index in [-0.39, 0.29) is 11.9 Å². The highest BCUT2D eigenvalue weighted by Gasteiger charge is 2.37. The van der Waals surface area contributed by atoms with E-state index < -0.39 is 5.54 Å². The Morgan fingerprint density at radius 1 is 1.35 bits per heavy atom. The standard InChI is InChI=1S/C16H23ClN2O/c1-11(2)14(12-5-7-13(17)8-6-12)19-15(20)16(3)9-4-10-18-16/h5-8,11,14,18H,4,9-10H2,1-3H3,(H,19,20). The molecule has 0 saturated carbocycles. The molecular weight excluding hydrogens is 272 g/mol. The Labute approximate surface area is 126 Å². The highest BCUT2D eigenvalue weighted by molar-refractivity contribution is 6.30. The van der Waals surface area contributed by atoms with Crippen LogP contribution in [0.2, 0.25) is 5.02 Å². The van der Waals surface area contributed by atoms with Gasteiger partial charge in [0.05, 0.1) is 11.6 Å². The third-order valence-electron chi connectivity index (χ3n) is 4.05. The van der Waals surface area contributed by atoms with E-state index in [0.717, 1.165) is 24.9 Å². The molecule has 2 unspecified atom stereocenters. The zero-order chi connectivity index (χ0) is 14.8. The van der Waals surface area contributed by atoms with Gasteiger partial charge in [0, 0.05) is 5.02 Å². The van der Waals surface area contributed by atoms with Crippen LogP contribution < -0.4 is 10.6 Å². The molecule has 1 aromatic rings. The van der Waals surface area contributed by atoms with E-state index in [4.69, 9.17) is 11.6 Å². The SMILES string of the molecule is CC(C)C(NC(=O)C1(C)CCCN1)c1ccc(Cl)cc1. The van der Waals surface area contributed by atoms with Crippen molar-refractivity contribution < 1.29 is 4.79 Å². The highest BCUT2D eigenvalue weighted by Crippen LogP contribution is 2.26. The summed E-state index contributed by atoms with van der Waals surface area (Å²) in [7, 11) is 0. The van der Waals surface area contributed by atoms with Crippen LogP contribution in [0.3, 0.4) is 0 Å². The Balaban J connectivity index is 2.13. The zero-order valence-corrected chi connectivity index (χ0v) is 13.1. The predicted molar refractivity (Wildman–Crippen MR) is 82.8 cm³/mol. The predicted octanol–water partition coefficient (Wildman–Crippen LogP) is 3.30. The molecule has 2 N–H and O–H groups in total. The first-order valence-electron chi connectivity index (χ1n) is 7.24. The van der Waals surface area contributed by atoms with Crippen molar-refractivity contribution >= 4 is 17.5 Å². The van der Waals surface area contributed by atoms with Crippen LogP contribution in [-0.2, 0) is 4.79 Å². The third-order valence-corrected chi connectivity index (χ3v) is 4.30. The number of amides is 1. The minimum absolute atomic E-state index is 0.0130. The van der Waals surface area contributed by atoms with Crippen molar-refractivity contribution in [3.8, 4) is 0 Å². The molecule has 110 valence electrons. The Morgan fingerprint density at radius 2 is 2.00 bits per heavy atom. The maximum Gasteiger partial charge on any atom is 0.240 e. The molecule has 0 spiro atoms. The van der Waals surface area contributed by atoms with Crippen molar-refractivity contribution in [1.82, 2.24) is 10.6 Å². The minimum Gasteiger partial charge on any atom is -0.347 e. The van der Waals surface area contributed by atoms with Crippen molar-refractivity contribution in [3.05, 3.63) is 34.9 Å². The number of nitrogens with one attached hydrogen (secondary N) is 2. The van der Waals surface area contributed by atoms with Gasteiger partial charge in [-0.3, -0.25) is 4.79 Å². The van der Waals surface area contributed by atoms with Crippen molar-refractivity contribution in [2.24, 2.45) is 5.92 Å². The summed E-state index contributed by atoms with van der Waals surface area (Å²) in [5, 5.41) is 7.21. The molecule has 2 atom stereocenters. The van der Waals surface area contributed by atoms with E-state index in [1.807, 2.05) is 31.2 Å². The first kappa shape index (κ1) is 15.3. The Hall–Kier alpha value is -1.06. The van der Waals surface area contributed by atoms with E-state index in [0.29, 0.717) is 10.9 Å². The molecule has 1 aliphatic heterocycles. The fourth-order valence-corrected chi connectivity index (χ4v) is 2.82. The van der Waals surface area contributed by atoms with Crippen LogP contribution in [0.25, 0.3) is 0 Å². The topological polar surface area (TPSA) is 41.1 Å². The first-order valence-corrected chi connectivity index (χ1v) is 7.61. The summed E-state index contributed by atoms with van der Waals surface area (Å²) in [4.78, 5) is 12.5. The van der Waals surface area contributed by atoms with Gasteiger partial charge in [0.2, 0.25) is 5.91 Å². The van der Waals surface area contributed by atoms with Gasteiger partial charge in [-0.05, 0) is 49.9 Å². The van der Waals surface area contributed by atoms with E-state index in [9.17, 15) is 4.79 Å². The molecule has 2 rings (SSSR count). The summed E-state index contributed by atoms with van der Waals surface area (Å²) in [6, 6.07) is 7.72. The average Bonchev–Trinajstić information content (AvgIpc) is 2.85. The Morgan fingerprint density at radius 3 is 2.50 bits per heavy atom. The number of hydrogen-bond donors (Lipinski definition) is 2. The third kappa shape index (κ3) is 3.33. The van der Waals surface area contributed by atoms with Gasteiger partial charge in [-0.15, -0.1) is 0 Å². The van der Waals surface area contributed by atoms with Gasteiger partial charge in [0.25, 0.3) is 0 Å². The van der Waals surface area contributed by atoms with Crippen LogP contribution in [0.4, 0.5) is 0 Å². The molecule has 0 aromatic heterocycles. The molecule has 1 aromatic carbocycles. The Bertz CT molecular complexity index is 464. The fourth-order valence-electron chi connectivity index (χ4n) is 2.69. The highest BCUT2D eigenvalue weighted by atomic mass is 35.5. The molecule has 0 radical (unpaired) electrons. The van der Waals surface area contributed by atoms with Gasteiger partial charge in [-0.2, -0.15) is 0 Å². The second kappa shape index (κ2) is 6.15. The van der Waals surface area contributed by atoms with Gasteiger partial charge < -0.3 is 10.6 Å². The summed E-state index contributed by atoms with van der Waals surface area (Å²) < 4.78 is 0. The second-order valence-corrected chi connectivity index (χ2v) is 6.55. The van der Waals surface area contributed by atoms with Crippen LogP contribution in [0.1, 0.15) is 45.2 Å². The number of rotatable bonds is 4. The normalized spacial score (nSPS) is 23.9. The number of carbonyl (C=O) groups excluding carboxylic acids is 1. The number of halogens is 1. The van der Waals surface area contributed by atoms with E-state index in [2.05, 4.69) is 24.5 Å². The lowest BCUT2D eigenvalue weighted by Crippen LogP contribution is -2.52. The molecule has 1 heterocycles. The summed E-state index contributed by atoms with van der Waals surface area (Å²) >= 11 is 5.93. The molecule has 0 aliphatic carbocycles. The second-order valence-electron chi connectivity index (χ2n) is 6.11. The molecule has 20 heavy (non-hydrogen) atoms. The summed E-state index contributed by atoms with van der Waals surface area (Å²) in [5.41, 5.74) is 0.666. The minimum atomic E-state index is -0.431. The molecule has 1 amide bonds. The molecule has 1 fully saturated rings. The van der Waals surface area contributed by atoms with Crippen LogP contribution in [-0.4, -0.2) is 18.0 Å². The zero-order valence-electron chi connectivity index (χ0n) is 12.4. The summed E-state index contributed by atoms with van der Waals surface area (Å²) in [5.74, 6) is 0.411. The lowest BCUT2D eigenvalue weighted by atomic mass is 9.93. The molecule has 0 bridgehead atoms. The average molecular weight is 295 g/mol. The van der Waals surface area contributed by atoms with Crippen molar-refractivity contribution in [3.63, 3.8) is 0 Å². The maximum atomic E-state index is 12.5. The smallest absolute Gasteiger partial charge is 0.240 e. The van der Waals surface area contributed by atoms with Crippen molar-refractivity contribution in [2.45, 2.75) is 45.2 Å². The lowest BCUT2D eigenvalue weighted by Gasteiger charge is -2.29. The van der Waals surface area contributed by atoms with Crippen LogP contribution in [0.5, 0.6) is 0 Å². The molecule has 1 saturated heterocycles. The largest absolute Gasteiger partial charge is 0.347 e. The summed E-state index contributed by atoms with van der Waals surface area (Å²) in [6.07, 6.45) is 1.95. The first-order chi connectivity index (χ1) is 9.42. The molecule has 1 aliphatic rings. The number of carbonyl (C=O) groups is 1. The molecule has 4 heteroatoms. The van der Waals surface area contributed by atoms with Gasteiger partial charge in [-0.1, -0.05) is 37.6 Å². The number of hydrogen-bond acceptors (Lipinski definition) is 2. The van der Waals surface area contributed by atoms with E-state index in [1.165, 1.54) is 0 Å². The van der Waals surface area contributed by atoms with Crippen LogP contribution in [0.15, 0.2) is 24.3 Å². The van der Waals surface area contributed by atoms with Crippen LogP contribution >= 0.6 is 11.6 Å². The fraction of sp³-hybridized carbons (Fsp3) is 0.562. The summed E-state index contributed by atoms with van der Waals surface area (Å²) in [6.45, 7) is 7.12. The van der Waals surface area contributed by atoms with Gasteiger partial charge in [0.15, 0.2) is 0 Å². The van der Waals surface area contributed by atoms with Gasteiger partial charge in [0.1, 0.15) is 0 Å². The van der Waals surface area contributed by atoms with Crippen molar-refractivity contribution in [1.29, 1.82) is 0 Å². The monoisotopic (exact) mass is 294 g/mol. The maximum absolute atomic E-state index is 12.5.